The quantitative estimate of drug-likeness (QED) is 0.558. The Balaban J connectivity index is 2.06. The molecule has 1 aromatic carbocycles. The van der Waals surface area contributed by atoms with Gasteiger partial charge in [0.1, 0.15) is 18.5 Å². The van der Waals surface area contributed by atoms with Crippen LogP contribution in [0.3, 0.4) is 0 Å². The fraction of sp³-hybridized carbons (Fsp3) is 0.533. The Bertz CT molecular complexity index is 410. The number of hydrogen-bond donors (Lipinski definition) is 3. The van der Waals surface area contributed by atoms with Crippen molar-refractivity contribution in [1.29, 1.82) is 0 Å². The van der Waals surface area contributed by atoms with Crippen LogP contribution in [0.25, 0.3) is 0 Å². The molecule has 0 aromatic heterocycles. The number of nitrogens with two attached hydrogens (primary N) is 1. The molecule has 5 nitrogen and oxygen atoms in total. The van der Waals surface area contributed by atoms with Crippen LogP contribution in [0.15, 0.2) is 24.3 Å². The second kappa shape index (κ2) is 9.34. The van der Waals surface area contributed by atoms with Gasteiger partial charge in [-0.25, -0.2) is 0 Å². The van der Waals surface area contributed by atoms with Crippen LogP contribution in [0.2, 0.25) is 0 Å². The van der Waals surface area contributed by atoms with Crippen LogP contribution in [0.4, 0.5) is 0 Å². The molecular formula is C15H24N2O3. The summed E-state index contributed by atoms with van der Waals surface area (Å²) in [7, 11) is 0. The number of rotatable bonds is 10. The summed E-state index contributed by atoms with van der Waals surface area (Å²) >= 11 is 0. The van der Waals surface area contributed by atoms with E-state index in [-0.39, 0.29) is 12.5 Å². The van der Waals surface area contributed by atoms with Gasteiger partial charge in [0, 0.05) is 13.0 Å². The second-order valence-corrected chi connectivity index (χ2v) is 4.91. The van der Waals surface area contributed by atoms with Gasteiger partial charge in [-0.15, -0.1) is 0 Å². The van der Waals surface area contributed by atoms with E-state index < -0.39 is 6.10 Å². The maximum Gasteiger partial charge on any atom is 0.217 e. The zero-order valence-electron chi connectivity index (χ0n) is 12.0. The van der Waals surface area contributed by atoms with E-state index in [2.05, 4.69) is 5.32 Å². The van der Waals surface area contributed by atoms with Crippen molar-refractivity contribution in [2.24, 2.45) is 5.73 Å². The van der Waals surface area contributed by atoms with Gasteiger partial charge in [0.2, 0.25) is 5.91 Å². The third-order valence-electron chi connectivity index (χ3n) is 2.84. The van der Waals surface area contributed by atoms with Crippen molar-refractivity contribution < 1.29 is 14.6 Å². The second-order valence-electron chi connectivity index (χ2n) is 4.91. The molecule has 1 aromatic rings. The van der Waals surface area contributed by atoms with E-state index >= 15 is 0 Å². The Morgan fingerprint density at radius 2 is 2.25 bits per heavy atom. The topological polar surface area (TPSA) is 84.6 Å². The van der Waals surface area contributed by atoms with Crippen molar-refractivity contribution in [3.8, 4) is 5.75 Å². The van der Waals surface area contributed by atoms with Gasteiger partial charge in [-0.1, -0.05) is 12.1 Å². The van der Waals surface area contributed by atoms with E-state index in [1.165, 1.54) is 0 Å². The first-order valence-electron chi connectivity index (χ1n) is 6.94. The van der Waals surface area contributed by atoms with E-state index in [1.54, 1.807) is 0 Å². The summed E-state index contributed by atoms with van der Waals surface area (Å²) in [6.45, 7) is 3.49. The number of carbonyl (C=O) groups is 1. The molecule has 4 N–H and O–H groups in total. The molecular weight excluding hydrogens is 256 g/mol. The molecule has 20 heavy (non-hydrogen) atoms. The number of carbonyl (C=O) groups excluding carboxylic acids is 1. The first-order valence-corrected chi connectivity index (χ1v) is 6.94. The minimum Gasteiger partial charge on any atom is -0.491 e. The van der Waals surface area contributed by atoms with Gasteiger partial charge in [-0.05, 0) is 44.0 Å². The SMILES string of the molecule is Cc1cccc(OCC(O)CNCCCCC(N)=O)c1. The van der Waals surface area contributed by atoms with Gasteiger partial charge in [0.15, 0.2) is 0 Å². The standard InChI is InChI=1S/C15H24N2O3/c1-12-5-4-6-14(9-12)20-11-13(18)10-17-8-3-2-7-15(16)19/h4-6,9,13,17-18H,2-3,7-8,10-11H2,1H3,(H2,16,19). The van der Waals surface area contributed by atoms with Crippen molar-refractivity contribution in [3.63, 3.8) is 0 Å². The summed E-state index contributed by atoms with van der Waals surface area (Å²) in [4.78, 5) is 10.5. The molecule has 1 amide bonds. The highest BCUT2D eigenvalue weighted by Gasteiger charge is 2.05. The molecule has 1 atom stereocenters. The van der Waals surface area contributed by atoms with Gasteiger partial charge in [-0.2, -0.15) is 0 Å². The van der Waals surface area contributed by atoms with Crippen molar-refractivity contribution >= 4 is 5.91 Å². The maximum absolute atomic E-state index is 10.5. The number of hydrogen-bond acceptors (Lipinski definition) is 4. The minimum absolute atomic E-state index is 0.262. The van der Waals surface area contributed by atoms with E-state index in [9.17, 15) is 9.90 Å². The average molecular weight is 280 g/mol. The van der Waals surface area contributed by atoms with E-state index in [1.807, 2.05) is 31.2 Å². The lowest BCUT2D eigenvalue weighted by atomic mass is 10.2. The van der Waals surface area contributed by atoms with Crippen LogP contribution >= 0.6 is 0 Å². The fourth-order valence-corrected chi connectivity index (χ4v) is 1.77. The van der Waals surface area contributed by atoms with Crippen molar-refractivity contribution in [1.82, 2.24) is 5.32 Å². The Labute approximate surface area is 120 Å². The third-order valence-corrected chi connectivity index (χ3v) is 2.84. The largest absolute Gasteiger partial charge is 0.491 e. The highest BCUT2D eigenvalue weighted by Crippen LogP contribution is 2.12. The molecule has 0 saturated carbocycles. The van der Waals surface area contributed by atoms with Gasteiger partial charge in [-0.3, -0.25) is 4.79 Å². The lowest BCUT2D eigenvalue weighted by Gasteiger charge is -2.13. The molecule has 1 unspecified atom stereocenters. The van der Waals surface area contributed by atoms with Crippen LogP contribution < -0.4 is 15.8 Å². The Hall–Kier alpha value is -1.59. The summed E-state index contributed by atoms with van der Waals surface area (Å²) < 4.78 is 5.51. The van der Waals surface area contributed by atoms with E-state index in [0.29, 0.717) is 13.0 Å². The van der Waals surface area contributed by atoms with Gasteiger partial charge in [0.25, 0.3) is 0 Å². The molecule has 0 spiro atoms. The van der Waals surface area contributed by atoms with E-state index in [4.69, 9.17) is 10.5 Å². The molecule has 0 bridgehead atoms. The highest BCUT2D eigenvalue weighted by molar-refractivity contribution is 5.73. The highest BCUT2D eigenvalue weighted by atomic mass is 16.5. The summed E-state index contributed by atoms with van der Waals surface area (Å²) in [6.07, 6.45) is 1.51. The predicted molar refractivity (Wildman–Crippen MR) is 78.6 cm³/mol. The summed E-state index contributed by atoms with van der Waals surface area (Å²) in [5.74, 6) is 0.502. The monoisotopic (exact) mass is 280 g/mol. The van der Waals surface area contributed by atoms with Crippen LogP contribution in [0.1, 0.15) is 24.8 Å². The summed E-state index contributed by atoms with van der Waals surface area (Å²) in [5, 5.41) is 12.9. The van der Waals surface area contributed by atoms with Crippen molar-refractivity contribution in [3.05, 3.63) is 29.8 Å². The number of aryl methyl sites for hydroxylation is 1. The molecule has 1 rings (SSSR count). The fourth-order valence-electron chi connectivity index (χ4n) is 1.77. The first kappa shape index (κ1) is 16.5. The van der Waals surface area contributed by atoms with Crippen LogP contribution in [0, 0.1) is 6.92 Å². The van der Waals surface area contributed by atoms with Gasteiger partial charge >= 0.3 is 0 Å². The zero-order chi connectivity index (χ0) is 14.8. The number of nitrogens with one attached hydrogen (secondary N) is 1. The molecule has 0 aliphatic heterocycles. The Morgan fingerprint density at radius 1 is 1.45 bits per heavy atom. The Kier molecular flexibility index (Phi) is 7.69. The molecule has 0 fully saturated rings. The lowest BCUT2D eigenvalue weighted by molar-refractivity contribution is -0.118. The normalized spacial score (nSPS) is 12.1. The molecule has 112 valence electrons. The van der Waals surface area contributed by atoms with Crippen LogP contribution in [0.5, 0.6) is 5.75 Å². The number of aliphatic hydroxyl groups is 1. The lowest BCUT2D eigenvalue weighted by Crippen LogP contribution is -2.32. The van der Waals surface area contributed by atoms with Crippen LogP contribution in [-0.4, -0.2) is 36.8 Å². The van der Waals surface area contributed by atoms with E-state index in [0.717, 1.165) is 30.7 Å². The number of benzene rings is 1. The number of unbranched alkanes of at least 4 members (excludes halogenated alkanes) is 1. The number of aliphatic hydroxyl groups excluding tert-OH is 1. The maximum atomic E-state index is 10.5. The average Bonchev–Trinajstić information content (AvgIpc) is 2.40. The third kappa shape index (κ3) is 7.76. The van der Waals surface area contributed by atoms with Crippen molar-refractivity contribution in [2.45, 2.75) is 32.3 Å². The molecule has 5 heteroatoms. The van der Waals surface area contributed by atoms with Gasteiger partial charge in [0.05, 0.1) is 0 Å². The summed E-state index contributed by atoms with van der Waals surface area (Å²) in [6, 6.07) is 7.73. The Morgan fingerprint density at radius 3 is 2.95 bits per heavy atom. The first-order chi connectivity index (χ1) is 9.58. The number of ether oxygens (including phenoxy) is 1. The number of primary amides is 1. The predicted octanol–water partition coefficient (Wildman–Crippen LogP) is 0.980. The number of amides is 1. The zero-order valence-corrected chi connectivity index (χ0v) is 12.0. The minimum atomic E-state index is -0.549. The summed E-state index contributed by atoms with van der Waals surface area (Å²) in [5.41, 5.74) is 6.17. The molecule has 0 saturated heterocycles. The van der Waals surface area contributed by atoms with Gasteiger partial charge < -0.3 is 20.9 Å². The molecule has 0 aliphatic rings. The van der Waals surface area contributed by atoms with Crippen molar-refractivity contribution in [2.75, 3.05) is 19.7 Å². The van der Waals surface area contributed by atoms with Crippen LogP contribution in [-0.2, 0) is 4.79 Å². The molecule has 0 aliphatic carbocycles. The molecule has 0 heterocycles. The smallest absolute Gasteiger partial charge is 0.217 e. The molecule has 0 radical (unpaired) electrons.